The van der Waals surface area contributed by atoms with E-state index in [4.69, 9.17) is 0 Å². The fourth-order valence-electron chi connectivity index (χ4n) is 2.92. The highest BCUT2D eigenvalue weighted by atomic mass is 16.2. The predicted molar refractivity (Wildman–Crippen MR) is 95.2 cm³/mol. The van der Waals surface area contributed by atoms with Crippen LogP contribution < -0.4 is 10.6 Å². The molecule has 26 heavy (non-hydrogen) atoms. The molecule has 0 bridgehead atoms. The third-order valence-corrected chi connectivity index (χ3v) is 4.45. The van der Waals surface area contributed by atoms with Gasteiger partial charge in [0.15, 0.2) is 5.82 Å². The lowest BCUT2D eigenvalue weighted by Gasteiger charge is -2.13. The minimum absolute atomic E-state index is 0.0673. The number of H-pyrrole nitrogens is 1. The number of carbonyl (C=O) groups excluding carboxylic acids is 2. The van der Waals surface area contributed by atoms with Crippen molar-refractivity contribution in [3.05, 3.63) is 48.7 Å². The van der Waals surface area contributed by atoms with Crippen LogP contribution in [0.25, 0.3) is 11.0 Å². The zero-order chi connectivity index (χ0) is 18.1. The van der Waals surface area contributed by atoms with Gasteiger partial charge in [-0.15, -0.1) is 0 Å². The highest BCUT2D eigenvalue weighted by molar-refractivity contribution is 5.97. The first-order valence-corrected chi connectivity index (χ1v) is 8.43. The molecule has 4 rings (SSSR count). The van der Waals surface area contributed by atoms with Crippen LogP contribution in [0.15, 0.2) is 42.9 Å². The average molecular weight is 350 g/mol. The number of benzene rings is 1. The Hall–Kier alpha value is -3.29. The summed E-state index contributed by atoms with van der Waals surface area (Å²) in [7, 11) is 0. The Bertz CT molecular complexity index is 921. The molecule has 132 valence electrons. The van der Waals surface area contributed by atoms with Gasteiger partial charge in [-0.05, 0) is 25.5 Å². The number of amides is 2. The maximum absolute atomic E-state index is 12.4. The van der Waals surface area contributed by atoms with Crippen molar-refractivity contribution in [1.82, 2.24) is 25.3 Å². The quantitative estimate of drug-likeness (QED) is 0.647. The fraction of sp³-hybridized carbons (Fsp3) is 0.278. The molecule has 1 aromatic carbocycles. The first kappa shape index (κ1) is 16.2. The summed E-state index contributed by atoms with van der Waals surface area (Å²) >= 11 is 0. The molecule has 2 amide bonds. The van der Waals surface area contributed by atoms with E-state index >= 15 is 0 Å². The number of imidazole rings is 1. The van der Waals surface area contributed by atoms with Crippen molar-refractivity contribution < 1.29 is 9.59 Å². The van der Waals surface area contributed by atoms with Crippen molar-refractivity contribution in [1.29, 1.82) is 0 Å². The SMILES string of the molecule is CC(NC(=O)[C@@H]1C[C@H]1c1nc2ccccc2[nH]1)C(=O)Nc1cnccn1. The number of anilines is 1. The minimum Gasteiger partial charge on any atom is -0.344 e. The lowest BCUT2D eigenvalue weighted by molar-refractivity contribution is -0.127. The summed E-state index contributed by atoms with van der Waals surface area (Å²) in [6.07, 6.45) is 5.18. The number of fused-ring (bicyclic) bond motifs is 1. The second-order valence-corrected chi connectivity index (χ2v) is 6.40. The van der Waals surface area contributed by atoms with Crippen molar-refractivity contribution >= 4 is 28.7 Å². The summed E-state index contributed by atoms with van der Waals surface area (Å²) in [4.78, 5) is 40.2. The van der Waals surface area contributed by atoms with Crippen LogP contribution >= 0.6 is 0 Å². The van der Waals surface area contributed by atoms with E-state index in [2.05, 4.69) is 30.6 Å². The van der Waals surface area contributed by atoms with E-state index in [1.165, 1.54) is 18.6 Å². The predicted octanol–water partition coefficient (Wildman–Crippen LogP) is 1.60. The zero-order valence-electron chi connectivity index (χ0n) is 14.1. The number of para-hydroxylation sites is 2. The van der Waals surface area contributed by atoms with Crippen molar-refractivity contribution in [2.75, 3.05) is 5.32 Å². The molecule has 3 N–H and O–H groups in total. The summed E-state index contributed by atoms with van der Waals surface area (Å²) in [5, 5.41) is 5.38. The van der Waals surface area contributed by atoms with E-state index in [-0.39, 0.29) is 23.7 Å². The third kappa shape index (κ3) is 3.26. The summed E-state index contributed by atoms with van der Waals surface area (Å²) in [6.45, 7) is 1.64. The minimum atomic E-state index is -0.665. The van der Waals surface area contributed by atoms with Gasteiger partial charge < -0.3 is 15.6 Å². The van der Waals surface area contributed by atoms with Gasteiger partial charge in [0.05, 0.1) is 17.2 Å². The molecule has 1 aliphatic carbocycles. The Morgan fingerprint density at radius 3 is 2.88 bits per heavy atom. The highest BCUT2D eigenvalue weighted by Crippen LogP contribution is 2.46. The van der Waals surface area contributed by atoms with Gasteiger partial charge in [-0.1, -0.05) is 12.1 Å². The number of aromatic nitrogens is 4. The Balaban J connectivity index is 1.34. The van der Waals surface area contributed by atoms with Crippen molar-refractivity contribution in [2.24, 2.45) is 5.92 Å². The maximum Gasteiger partial charge on any atom is 0.247 e. The molecule has 0 aliphatic heterocycles. The lowest BCUT2D eigenvalue weighted by Crippen LogP contribution is -2.42. The average Bonchev–Trinajstić information content (AvgIpc) is 3.34. The van der Waals surface area contributed by atoms with Crippen LogP contribution in [0.3, 0.4) is 0 Å². The van der Waals surface area contributed by atoms with Crippen LogP contribution in [-0.2, 0) is 9.59 Å². The number of nitrogens with zero attached hydrogens (tertiary/aromatic N) is 3. The molecule has 0 saturated heterocycles. The molecular formula is C18H18N6O2. The Kier molecular flexibility index (Phi) is 4.08. The molecule has 2 aromatic heterocycles. The molecule has 0 radical (unpaired) electrons. The molecule has 1 saturated carbocycles. The van der Waals surface area contributed by atoms with Crippen molar-refractivity contribution in [3.63, 3.8) is 0 Å². The van der Waals surface area contributed by atoms with E-state index in [1.54, 1.807) is 6.92 Å². The van der Waals surface area contributed by atoms with Gasteiger partial charge in [-0.25, -0.2) is 9.97 Å². The monoisotopic (exact) mass is 350 g/mol. The third-order valence-electron chi connectivity index (χ3n) is 4.45. The first-order valence-electron chi connectivity index (χ1n) is 8.43. The van der Waals surface area contributed by atoms with Crippen LogP contribution in [0, 0.1) is 5.92 Å². The second kappa shape index (κ2) is 6.55. The number of aromatic amines is 1. The summed E-state index contributed by atoms with van der Waals surface area (Å²) in [5.41, 5.74) is 1.86. The van der Waals surface area contributed by atoms with E-state index in [0.717, 1.165) is 23.3 Å². The fourth-order valence-corrected chi connectivity index (χ4v) is 2.92. The first-order chi connectivity index (χ1) is 12.6. The largest absolute Gasteiger partial charge is 0.344 e. The topological polar surface area (TPSA) is 113 Å². The van der Waals surface area contributed by atoms with Gasteiger partial charge in [0.25, 0.3) is 0 Å². The summed E-state index contributed by atoms with van der Waals surface area (Å²) in [6, 6.07) is 7.11. The molecular weight excluding hydrogens is 332 g/mol. The smallest absolute Gasteiger partial charge is 0.247 e. The number of carbonyl (C=O) groups is 2. The second-order valence-electron chi connectivity index (χ2n) is 6.40. The molecule has 1 unspecified atom stereocenters. The van der Waals surface area contributed by atoms with Crippen LogP contribution in [0.4, 0.5) is 5.82 Å². The van der Waals surface area contributed by atoms with Crippen LogP contribution in [0.1, 0.15) is 25.1 Å². The van der Waals surface area contributed by atoms with Gasteiger partial charge >= 0.3 is 0 Å². The number of hydrogen-bond acceptors (Lipinski definition) is 5. The van der Waals surface area contributed by atoms with Crippen molar-refractivity contribution in [2.45, 2.75) is 25.3 Å². The summed E-state index contributed by atoms with van der Waals surface area (Å²) < 4.78 is 0. The number of rotatable bonds is 5. The molecule has 1 aliphatic rings. The molecule has 8 heteroatoms. The van der Waals surface area contributed by atoms with Crippen LogP contribution in [0.2, 0.25) is 0 Å². The van der Waals surface area contributed by atoms with Crippen molar-refractivity contribution in [3.8, 4) is 0 Å². The highest BCUT2D eigenvalue weighted by Gasteiger charge is 2.46. The van der Waals surface area contributed by atoms with Gasteiger partial charge in [0, 0.05) is 24.2 Å². The van der Waals surface area contributed by atoms with E-state index in [1.807, 2.05) is 24.3 Å². The van der Waals surface area contributed by atoms with Gasteiger partial charge in [0.1, 0.15) is 11.9 Å². The maximum atomic E-state index is 12.4. The van der Waals surface area contributed by atoms with E-state index in [9.17, 15) is 9.59 Å². The van der Waals surface area contributed by atoms with Gasteiger partial charge in [-0.3, -0.25) is 14.6 Å². The Morgan fingerprint density at radius 2 is 2.12 bits per heavy atom. The van der Waals surface area contributed by atoms with Gasteiger partial charge in [0.2, 0.25) is 11.8 Å². The molecule has 8 nitrogen and oxygen atoms in total. The Morgan fingerprint density at radius 1 is 1.27 bits per heavy atom. The van der Waals surface area contributed by atoms with Crippen LogP contribution in [0.5, 0.6) is 0 Å². The number of nitrogens with one attached hydrogen (secondary N) is 3. The van der Waals surface area contributed by atoms with Gasteiger partial charge in [-0.2, -0.15) is 0 Å². The molecule has 3 aromatic rings. The lowest BCUT2D eigenvalue weighted by atomic mass is 10.2. The normalized spacial score (nSPS) is 19.7. The Labute approximate surface area is 149 Å². The summed E-state index contributed by atoms with van der Waals surface area (Å²) in [5.74, 6) is 0.602. The molecule has 3 atom stereocenters. The van der Waals surface area contributed by atoms with E-state index < -0.39 is 6.04 Å². The zero-order valence-corrected chi connectivity index (χ0v) is 14.1. The van der Waals surface area contributed by atoms with Crippen LogP contribution in [-0.4, -0.2) is 37.8 Å². The molecule has 0 spiro atoms. The van der Waals surface area contributed by atoms with E-state index in [0.29, 0.717) is 5.82 Å². The molecule has 1 fully saturated rings. The molecule has 2 heterocycles. The number of hydrogen-bond donors (Lipinski definition) is 3. The standard InChI is InChI=1S/C18H18N6O2/c1-10(17(25)24-15-9-19-6-7-20-15)21-18(26)12-8-11(12)16-22-13-4-2-3-5-14(13)23-16/h2-7,9-12H,8H2,1H3,(H,21,26)(H,22,23)(H,20,24,25)/t10?,11-,12-/m1/s1.